The van der Waals surface area contributed by atoms with Gasteiger partial charge < -0.3 is 14.0 Å². The van der Waals surface area contributed by atoms with Crippen molar-refractivity contribution in [2.24, 2.45) is 0 Å². The summed E-state index contributed by atoms with van der Waals surface area (Å²) in [6, 6.07) is 53.9. The van der Waals surface area contributed by atoms with E-state index in [4.69, 9.17) is 9.97 Å². The van der Waals surface area contributed by atoms with Crippen LogP contribution in [0, 0.1) is 34.6 Å². The molecule has 12 rings (SSSR count). The third kappa shape index (κ3) is 6.07. The maximum Gasteiger partial charge on any atom is 0.168 e. The van der Waals surface area contributed by atoms with E-state index in [0.29, 0.717) is 0 Å². The van der Waals surface area contributed by atoms with Gasteiger partial charge in [0, 0.05) is 44.0 Å². The molecule has 1 aliphatic rings. The van der Waals surface area contributed by atoms with Gasteiger partial charge in [-0.3, -0.25) is 4.57 Å². The average molecular weight is 858 g/mol. The number of hydrogen-bond donors (Lipinski definition) is 0. The third-order valence-electron chi connectivity index (χ3n) is 13.6. The molecule has 5 heterocycles. The van der Waals surface area contributed by atoms with Crippen LogP contribution in [0.3, 0.4) is 0 Å². The summed E-state index contributed by atoms with van der Waals surface area (Å²) in [6.07, 6.45) is 3.28. The summed E-state index contributed by atoms with van der Waals surface area (Å²) in [5.41, 5.74) is 18.7. The quantitative estimate of drug-likeness (QED) is 0.162. The molecule has 11 aromatic rings. The first-order valence-corrected chi connectivity index (χ1v) is 22.6. The van der Waals surface area contributed by atoms with Crippen molar-refractivity contribution in [3.8, 4) is 17.1 Å². The lowest BCUT2D eigenvalue weighted by atomic mass is 9.73. The zero-order chi connectivity index (χ0) is 45.6. The van der Waals surface area contributed by atoms with Crippen LogP contribution in [0.15, 0.2) is 171 Å². The van der Waals surface area contributed by atoms with Gasteiger partial charge in [-0.25, -0.2) is 15.0 Å². The van der Waals surface area contributed by atoms with Gasteiger partial charge in [0.1, 0.15) is 17.2 Å². The van der Waals surface area contributed by atoms with Gasteiger partial charge in [0.05, 0.1) is 44.8 Å². The van der Waals surface area contributed by atoms with Gasteiger partial charge >= 0.3 is 0 Å². The number of aromatic nitrogens is 6. The number of hydrogen-bond acceptors (Lipinski definition) is 4. The molecule has 0 bridgehead atoms. The summed E-state index contributed by atoms with van der Waals surface area (Å²) in [7, 11) is 0. The predicted molar refractivity (Wildman–Crippen MR) is 276 cm³/mol. The van der Waals surface area contributed by atoms with E-state index in [2.05, 4.69) is 217 Å². The van der Waals surface area contributed by atoms with Crippen molar-refractivity contribution in [3.05, 3.63) is 210 Å². The molecule has 4 aromatic heterocycles. The summed E-state index contributed by atoms with van der Waals surface area (Å²) in [5, 5.41) is 5.03. The molecule has 0 amide bonds. The van der Waals surface area contributed by atoms with Crippen molar-refractivity contribution in [2.45, 2.75) is 53.9 Å². The molecule has 0 saturated heterocycles. The van der Waals surface area contributed by atoms with Gasteiger partial charge in [0.15, 0.2) is 5.65 Å². The first-order valence-electron chi connectivity index (χ1n) is 22.6. The number of imidazole rings is 1. The van der Waals surface area contributed by atoms with Crippen molar-refractivity contribution in [2.75, 3.05) is 4.90 Å². The Morgan fingerprint density at radius 2 is 0.879 bits per heavy atom. The van der Waals surface area contributed by atoms with Crippen LogP contribution in [-0.4, -0.2) is 28.7 Å². The summed E-state index contributed by atoms with van der Waals surface area (Å²) < 4.78 is 7.06. The van der Waals surface area contributed by atoms with Gasteiger partial charge in [-0.15, -0.1) is 0 Å². The van der Waals surface area contributed by atoms with Crippen LogP contribution in [-0.2, 0) is 5.41 Å². The Morgan fingerprint density at radius 1 is 0.455 bits per heavy atom. The number of nitrogens with zero attached hydrogens (tertiary/aromatic N) is 7. The number of anilines is 3. The van der Waals surface area contributed by atoms with Crippen molar-refractivity contribution < 1.29 is 0 Å². The summed E-state index contributed by atoms with van der Waals surface area (Å²) in [4.78, 5) is 17.0. The van der Waals surface area contributed by atoms with Crippen LogP contribution in [0.2, 0.25) is 0 Å². The second-order valence-corrected chi connectivity index (χ2v) is 18.0. The Kier molecular flexibility index (Phi) is 9.45. The molecule has 66 heavy (non-hydrogen) atoms. The van der Waals surface area contributed by atoms with Crippen LogP contribution in [0.4, 0.5) is 17.1 Å². The lowest BCUT2D eigenvalue weighted by Crippen LogP contribution is -2.31. The largest absolute Gasteiger partial charge is 0.310 e. The van der Waals surface area contributed by atoms with Gasteiger partial charge in [-0.2, -0.15) is 0 Å². The van der Waals surface area contributed by atoms with E-state index in [9.17, 15) is 0 Å². The molecule has 7 aromatic carbocycles. The molecule has 7 heteroatoms. The zero-order valence-electron chi connectivity index (χ0n) is 38.6. The molecule has 7 nitrogen and oxygen atoms in total. The Morgan fingerprint density at radius 3 is 1.33 bits per heavy atom. The minimum Gasteiger partial charge on any atom is -0.310 e. The Bertz CT molecular complexity index is 3520. The third-order valence-corrected chi connectivity index (χ3v) is 13.6. The molecule has 0 atom stereocenters. The molecule has 0 aliphatic carbocycles. The number of benzene rings is 7. The maximum atomic E-state index is 4.95. The van der Waals surface area contributed by atoms with Gasteiger partial charge in [0.2, 0.25) is 0 Å². The van der Waals surface area contributed by atoms with Gasteiger partial charge in [-0.1, -0.05) is 112 Å². The van der Waals surface area contributed by atoms with Crippen molar-refractivity contribution in [1.29, 1.82) is 0 Å². The lowest BCUT2D eigenvalue weighted by Gasteiger charge is -2.43. The summed E-state index contributed by atoms with van der Waals surface area (Å²) >= 11 is 0. The second kappa shape index (κ2) is 15.3. The standard InChI is InChI=1S/C55H45N7.C4H6/c1-32-29-52(33(2)28-51(32)59-36(5)58-53-34(3)56-35(4)57-54(53)59)62-49-26-24-37(60-45-20-12-8-16-39(45)40-17-9-13-21-46(40)60)30-43(49)55(6,7)44-31-38(25-27-50(44)62)61-47-22-14-10-18-41(47)42-19-11-15-23-48(42)61;1-3-4-2/h8-31H,1-7H3;3-4H,1-2H2. The van der Waals surface area contributed by atoms with E-state index in [1.165, 1.54) is 66.1 Å². The molecule has 0 fully saturated rings. The molecule has 0 radical (unpaired) electrons. The molecule has 0 unspecified atom stereocenters. The van der Waals surface area contributed by atoms with Crippen LogP contribution < -0.4 is 4.90 Å². The van der Waals surface area contributed by atoms with E-state index < -0.39 is 0 Å². The highest BCUT2D eigenvalue weighted by atomic mass is 15.2. The first-order chi connectivity index (χ1) is 32.0. The van der Waals surface area contributed by atoms with E-state index in [1.807, 2.05) is 13.8 Å². The lowest BCUT2D eigenvalue weighted by molar-refractivity contribution is 0.631. The number of allylic oxidation sites excluding steroid dienone is 2. The molecule has 0 N–H and O–H groups in total. The second-order valence-electron chi connectivity index (χ2n) is 18.0. The summed E-state index contributed by atoms with van der Waals surface area (Å²) in [6.45, 7) is 22.0. The van der Waals surface area contributed by atoms with E-state index >= 15 is 0 Å². The van der Waals surface area contributed by atoms with Gasteiger partial charge in [0.25, 0.3) is 0 Å². The number of rotatable bonds is 5. The molecule has 0 saturated carbocycles. The fourth-order valence-electron chi connectivity index (χ4n) is 10.5. The van der Waals surface area contributed by atoms with E-state index in [0.717, 1.165) is 62.4 Å². The molecular formula is C59H51N7. The summed E-state index contributed by atoms with van der Waals surface area (Å²) in [5.74, 6) is 1.63. The average Bonchev–Trinajstić information content (AvgIpc) is 3.97. The number of aryl methyl sites for hydroxylation is 5. The normalized spacial score (nSPS) is 13.0. The first kappa shape index (κ1) is 40.7. The number of fused-ring (bicyclic) bond motifs is 9. The minimum absolute atomic E-state index is 0.365. The SMILES string of the molecule is C=CC=C.Cc1nc(C)c2nc(C)n(-c3cc(C)c(N4c5ccc(-n6c7ccccc7c7ccccc76)cc5C(C)(C)c5cc(-n6c7ccccc7c7ccccc76)ccc54)cc3C)c2n1. The number of para-hydroxylation sites is 4. The van der Waals surface area contributed by atoms with Crippen molar-refractivity contribution in [3.63, 3.8) is 0 Å². The fraction of sp³-hybridized carbons (Fsp3) is 0.136. The van der Waals surface area contributed by atoms with Crippen molar-refractivity contribution >= 4 is 71.8 Å². The topological polar surface area (TPSA) is 56.7 Å². The Labute approximate surface area is 385 Å². The fourth-order valence-corrected chi connectivity index (χ4v) is 10.5. The molecule has 1 aliphatic heterocycles. The van der Waals surface area contributed by atoms with E-state index in [-0.39, 0.29) is 5.41 Å². The minimum atomic E-state index is -0.365. The zero-order valence-corrected chi connectivity index (χ0v) is 38.6. The van der Waals surface area contributed by atoms with Crippen molar-refractivity contribution in [1.82, 2.24) is 28.7 Å². The molecule has 322 valence electrons. The van der Waals surface area contributed by atoms with Crippen LogP contribution in [0.25, 0.3) is 71.8 Å². The van der Waals surface area contributed by atoms with Crippen LogP contribution >= 0.6 is 0 Å². The highest BCUT2D eigenvalue weighted by molar-refractivity contribution is 6.10. The molecule has 0 spiro atoms. The predicted octanol–water partition coefficient (Wildman–Crippen LogP) is 15.0. The van der Waals surface area contributed by atoms with E-state index in [1.54, 1.807) is 12.2 Å². The molecular weight excluding hydrogens is 807 g/mol. The van der Waals surface area contributed by atoms with Crippen LogP contribution in [0.1, 0.15) is 53.4 Å². The van der Waals surface area contributed by atoms with Crippen LogP contribution in [0.5, 0.6) is 0 Å². The highest BCUT2D eigenvalue weighted by Gasteiger charge is 2.38. The highest BCUT2D eigenvalue weighted by Crippen LogP contribution is 2.54. The Hall–Kier alpha value is -8.03. The monoisotopic (exact) mass is 857 g/mol. The van der Waals surface area contributed by atoms with Gasteiger partial charge in [-0.05, 0) is 130 Å². The smallest absolute Gasteiger partial charge is 0.168 e. The maximum absolute atomic E-state index is 4.95. The Balaban J connectivity index is 0.00000116.